The molecule has 1 fully saturated rings. The molecular weight excluding hydrogens is 370 g/mol. The second kappa shape index (κ2) is 8.76. The van der Waals surface area contributed by atoms with E-state index in [2.05, 4.69) is 16.6 Å². The van der Waals surface area contributed by atoms with E-state index in [-0.39, 0.29) is 18.8 Å². The molecular formula is C22H19N3O4. The van der Waals surface area contributed by atoms with Gasteiger partial charge in [0, 0.05) is 5.69 Å². The number of ether oxygens (including phenoxy) is 1. The van der Waals surface area contributed by atoms with Crippen LogP contribution in [0, 0.1) is 19.3 Å². The molecule has 4 amide bonds. The van der Waals surface area contributed by atoms with Crippen molar-refractivity contribution in [2.45, 2.75) is 6.92 Å². The smallest absolute Gasteiger partial charge is 0.329 e. The molecule has 146 valence electrons. The molecule has 1 heterocycles. The molecule has 0 saturated carbocycles. The molecule has 7 nitrogen and oxygen atoms in total. The van der Waals surface area contributed by atoms with E-state index >= 15 is 0 Å². The second-order valence-electron chi connectivity index (χ2n) is 6.36. The topological polar surface area (TPSA) is 87.7 Å². The summed E-state index contributed by atoms with van der Waals surface area (Å²) in [7, 11) is 0. The SMILES string of the molecule is C#CCOc1ccc(/C=C2\NC(=O)N(CC(=O)Nc3cccc(C)c3)C2=O)cc1. The van der Waals surface area contributed by atoms with Crippen LogP contribution >= 0.6 is 0 Å². The molecule has 1 saturated heterocycles. The number of nitrogens with zero attached hydrogens (tertiary/aromatic N) is 1. The van der Waals surface area contributed by atoms with Crippen LogP contribution in [0.25, 0.3) is 6.08 Å². The Morgan fingerprint density at radius 3 is 2.69 bits per heavy atom. The maximum atomic E-state index is 12.5. The van der Waals surface area contributed by atoms with Crippen molar-refractivity contribution < 1.29 is 19.1 Å². The summed E-state index contributed by atoms with van der Waals surface area (Å²) in [5.41, 5.74) is 2.37. The first-order valence-electron chi connectivity index (χ1n) is 8.83. The Balaban J connectivity index is 1.65. The minimum absolute atomic E-state index is 0.0932. The highest BCUT2D eigenvalue weighted by Crippen LogP contribution is 2.17. The van der Waals surface area contributed by atoms with Crippen LogP contribution in [0.4, 0.5) is 10.5 Å². The Kier molecular flexibility index (Phi) is 5.95. The number of terminal acetylenes is 1. The lowest BCUT2D eigenvalue weighted by atomic mass is 10.2. The number of nitrogens with one attached hydrogen (secondary N) is 2. The van der Waals surface area contributed by atoms with E-state index in [9.17, 15) is 14.4 Å². The van der Waals surface area contributed by atoms with Crippen molar-refractivity contribution in [1.29, 1.82) is 0 Å². The monoisotopic (exact) mass is 389 g/mol. The Morgan fingerprint density at radius 1 is 1.24 bits per heavy atom. The van der Waals surface area contributed by atoms with Gasteiger partial charge in [-0.3, -0.25) is 9.59 Å². The number of carbonyl (C=O) groups excluding carboxylic acids is 3. The van der Waals surface area contributed by atoms with Gasteiger partial charge in [-0.05, 0) is 48.4 Å². The summed E-state index contributed by atoms with van der Waals surface area (Å²) in [4.78, 5) is 37.7. The second-order valence-corrected chi connectivity index (χ2v) is 6.36. The van der Waals surface area contributed by atoms with Crippen LogP contribution in [-0.2, 0) is 9.59 Å². The molecule has 1 aliphatic rings. The van der Waals surface area contributed by atoms with Crippen molar-refractivity contribution in [3.05, 3.63) is 65.4 Å². The van der Waals surface area contributed by atoms with Crippen molar-refractivity contribution in [1.82, 2.24) is 10.2 Å². The normalized spacial score (nSPS) is 14.5. The number of amides is 4. The number of urea groups is 1. The van der Waals surface area contributed by atoms with Gasteiger partial charge in [0.25, 0.3) is 5.91 Å². The van der Waals surface area contributed by atoms with Crippen LogP contribution in [0.3, 0.4) is 0 Å². The third-order valence-corrected chi connectivity index (χ3v) is 4.08. The van der Waals surface area contributed by atoms with Crippen molar-refractivity contribution in [3.63, 3.8) is 0 Å². The zero-order valence-electron chi connectivity index (χ0n) is 15.8. The van der Waals surface area contributed by atoms with E-state index in [1.54, 1.807) is 36.4 Å². The van der Waals surface area contributed by atoms with E-state index in [0.29, 0.717) is 17.0 Å². The van der Waals surface area contributed by atoms with Crippen LogP contribution < -0.4 is 15.4 Å². The molecule has 0 atom stereocenters. The molecule has 0 spiro atoms. The van der Waals surface area contributed by atoms with E-state index in [0.717, 1.165) is 10.5 Å². The van der Waals surface area contributed by atoms with Crippen LogP contribution in [0.1, 0.15) is 11.1 Å². The Labute approximate surface area is 168 Å². The van der Waals surface area contributed by atoms with Gasteiger partial charge in [-0.1, -0.05) is 30.2 Å². The third kappa shape index (κ3) is 5.02. The Hall–Kier alpha value is -4.05. The average Bonchev–Trinajstić information content (AvgIpc) is 2.95. The minimum Gasteiger partial charge on any atom is -0.481 e. The first kappa shape index (κ1) is 19.7. The summed E-state index contributed by atoms with van der Waals surface area (Å²) >= 11 is 0. The Bertz CT molecular complexity index is 1020. The summed E-state index contributed by atoms with van der Waals surface area (Å²) in [6, 6.07) is 13.5. The summed E-state index contributed by atoms with van der Waals surface area (Å²) in [6.45, 7) is 1.68. The van der Waals surface area contributed by atoms with Crippen LogP contribution in [-0.4, -0.2) is 35.9 Å². The van der Waals surface area contributed by atoms with Gasteiger partial charge in [0.2, 0.25) is 5.91 Å². The van der Waals surface area contributed by atoms with Gasteiger partial charge in [0.05, 0.1) is 0 Å². The largest absolute Gasteiger partial charge is 0.481 e. The summed E-state index contributed by atoms with van der Waals surface area (Å²) in [5, 5.41) is 5.17. The van der Waals surface area contributed by atoms with Gasteiger partial charge in [0.15, 0.2) is 0 Å². The van der Waals surface area contributed by atoms with E-state index in [1.807, 2.05) is 19.1 Å². The number of hydrogen-bond donors (Lipinski definition) is 2. The van der Waals surface area contributed by atoms with Crippen molar-refractivity contribution in [2.75, 3.05) is 18.5 Å². The third-order valence-electron chi connectivity index (χ3n) is 4.08. The maximum absolute atomic E-state index is 12.5. The van der Waals surface area contributed by atoms with Crippen LogP contribution in [0.5, 0.6) is 5.75 Å². The average molecular weight is 389 g/mol. The first-order chi connectivity index (χ1) is 14.0. The van der Waals surface area contributed by atoms with Crippen molar-refractivity contribution >= 4 is 29.6 Å². The van der Waals surface area contributed by atoms with Crippen molar-refractivity contribution in [3.8, 4) is 18.1 Å². The lowest BCUT2D eigenvalue weighted by Gasteiger charge is -2.12. The lowest BCUT2D eigenvalue weighted by Crippen LogP contribution is -2.38. The molecule has 0 bridgehead atoms. The van der Waals surface area contributed by atoms with Gasteiger partial charge in [-0.25, -0.2) is 9.69 Å². The number of hydrogen-bond acceptors (Lipinski definition) is 4. The van der Waals surface area contributed by atoms with Crippen molar-refractivity contribution in [2.24, 2.45) is 0 Å². The molecule has 0 aliphatic carbocycles. The summed E-state index contributed by atoms with van der Waals surface area (Å²) in [6.07, 6.45) is 6.68. The zero-order chi connectivity index (χ0) is 20.8. The Morgan fingerprint density at radius 2 is 2.00 bits per heavy atom. The molecule has 0 unspecified atom stereocenters. The number of rotatable bonds is 6. The number of anilines is 1. The molecule has 1 aliphatic heterocycles. The number of aryl methyl sites for hydroxylation is 1. The van der Waals surface area contributed by atoms with Gasteiger partial charge >= 0.3 is 6.03 Å². The highest BCUT2D eigenvalue weighted by Gasteiger charge is 2.34. The predicted octanol–water partition coefficient (Wildman–Crippen LogP) is 2.54. The van der Waals surface area contributed by atoms with Gasteiger partial charge in [-0.2, -0.15) is 0 Å². The number of imide groups is 1. The van der Waals surface area contributed by atoms with Gasteiger partial charge < -0.3 is 15.4 Å². The highest BCUT2D eigenvalue weighted by molar-refractivity contribution is 6.15. The minimum atomic E-state index is -0.644. The van der Waals surface area contributed by atoms with Gasteiger partial charge in [0.1, 0.15) is 24.6 Å². The summed E-state index contributed by atoms with van der Waals surface area (Å²) in [5.74, 6) is 1.94. The summed E-state index contributed by atoms with van der Waals surface area (Å²) < 4.78 is 5.29. The predicted molar refractivity (Wildman–Crippen MR) is 109 cm³/mol. The molecule has 2 N–H and O–H groups in total. The van der Waals surface area contributed by atoms with E-state index in [1.165, 1.54) is 6.08 Å². The zero-order valence-corrected chi connectivity index (χ0v) is 15.8. The van der Waals surface area contributed by atoms with Gasteiger partial charge in [-0.15, -0.1) is 6.42 Å². The van der Waals surface area contributed by atoms with E-state index in [4.69, 9.17) is 11.2 Å². The first-order valence-corrected chi connectivity index (χ1v) is 8.83. The quantitative estimate of drug-likeness (QED) is 0.452. The molecule has 0 aromatic heterocycles. The van der Waals surface area contributed by atoms with Crippen LogP contribution in [0.2, 0.25) is 0 Å². The standard InChI is InChI=1S/C22H19N3O4/c1-3-11-29-18-9-7-16(8-10-18)13-19-21(27)25(22(28)24-19)14-20(26)23-17-6-4-5-15(2)12-17/h1,4-10,12-13H,11,14H2,2H3,(H,23,26)(H,24,28)/b19-13-. The fourth-order valence-corrected chi connectivity index (χ4v) is 2.73. The molecule has 2 aromatic carbocycles. The number of benzene rings is 2. The fraction of sp³-hybridized carbons (Fsp3) is 0.136. The fourth-order valence-electron chi connectivity index (χ4n) is 2.73. The molecule has 7 heteroatoms. The molecule has 0 radical (unpaired) electrons. The maximum Gasteiger partial charge on any atom is 0.329 e. The molecule has 29 heavy (non-hydrogen) atoms. The lowest BCUT2D eigenvalue weighted by molar-refractivity contribution is -0.127. The number of carbonyl (C=O) groups is 3. The molecule has 3 rings (SSSR count). The van der Waals surface area contributed by atoms with Crippen LogP contribution in [0.15, 0.2) is 54.2 Å². The van der Waals surface area contributed by atoms with E-state index < -0.39 is 17.8 Å². The molecule has 2 aromatic rings. The highest BCUT2D eigenvalue weighted by atomic mass is 16.5.